The van der Waals surface area contributed by atoms with Crippen molar-refractivity contribution in [2.75, 3.05) is 4.90 Å². The number of fused-ring (bicyclic) bond motifs is 2. The van der Waals surface area contributed by atoms with Gasteiger partial charge in [-0.25, -0.2) is 0 Å². The van der Waals surface area contributed by atoms with Crippen LogP contribution in [0.5, 0.6) is 0 Å². The number of hydrogen-bond acceptors (Lipinski definition) is 3. The molecule has 1 aliphatic heterocycles. The van der Waals surface area contributed by atoms with Gasteiger partial charge in [0.2, 0.25) is 5.88 Å². The van der Waals surface area contributed by atoms with Gasteiger partial charge in [0, 0.05) is 4.90 Å². The minimum absolute atomic E-state index is 0.934. The van der Waals surface area contributed by atoms with Crippen molar-refractivity contribution in [3.63, 3.8) is 0 Å². The monoisotopic (exact) mass is 335 g/mol. The predicted octanol–water partition coefficient (Wildman–Crippen LogP) is 6.76. The number of hydrogen-bond donors (Lipinski definition) is 0. The lowest BCUT2D eigenvalue weighted by molar-refractivity contribution is 0.536. The lowest BCUT2D eigenvalue weighted by atomic mass is 10.0. The van der Waals surface area contributed by atoms with Crippen LogP contribution in [0.15, 0.2) is 50.6 Å². The molecule has 0 bridgehead atoms. The van der Waals surface area contributed by atoms with Gasteiger partial charge in [0.05, 0.1) is 16.3 Å². The van der Waals surface area contributed by atoms with E-state index in [2.05, 4.69) is 69.0 Å². The van der Waals surface area contributed by atoms with Crippen LogP contribution in [0.1, 0.15) is 28.0 Å². The number of aryl methyl sites for hydroxylation is 5. The molecule has 1 aromatic heterocycles. The molecule has 1 aliphatic rings. The summed E-state index contributed by atoms with van der Waals surface area (Å²) in [5.74, 6) is 1.88. The highest BCUT2D eigenvalue weighted by Gasteiger charge is 2.30. The van der Waals surface area contributed by atoms with Gasteiger partial charge in [0.1, 0.15) is 5.76 Å². The fourth-order valence-electron chi connectivity index (χ4n) is 3.57. The van der Waals surface area contributed by atoms with Crippen LogP contribution in [-0.4, -0.2) is 0 Å². The molecular formula is C21H21NOS. The fourth-order valence-corrected chi connectivity index (χ4v) is 4.76. The minimum Gasteiger partial charge on any atom is -0.444 e. The molecule has 0 unspecified atom stereocenters. The van der Waals surface area contributed by atoms with Crippen molar-refractivity contribution in [3.05, 3.63) is 64.4 Å². The van der Waals surface area contributed by atoms with Gasteiger partial charge in [-0.2, -0.15) is 0 Å². The maximum absolute atomic E-state index is 6.11. The molecule has 4 rings (SSSR count). The second kappa shape index (κ2) is 5.45. The molecule has 0 aliphatic carbocycles. The standard InChI is InChI=1S/C21H21NOS/c1-12-6-7-17-18(10-12)24-19-11-16(5)23-21(19)22(17)20-14(3)8-13(2)9-15(20)4/h6-11H,1-5H3. The van der Waals surface area contributed by atoms with E-state index in [4.69, 9.17) is 4.42 Å². The summed E-state index contributed by atoms with van der Waals surface area (Å²) in [4.78, 5) is 4.75. The average Bonchev–Trinajstić information content (AvgIpc) is 2.85. The summed E-state index contributed by atoms with van der Waals surface area (Å²) in [5.41, 5.74) is 7.53. The molecule has 0 amide bonds. The zero-order valence-corrected chi connectivity index (χ0v) is 15.5. The van der Waals surface area contributed by atoms with Crippen molar-refractivity contribution >= 4 is 29.0 Å². The summed E-state index contributed by atoms with van der Waals surface area (Å²) < 4.78 is 6.11. The first kappa shape index (κ1) is 15.4. The average molecular weight is 335 g/mol. The zero-order chi connectivity index (χ0) is 17.0. The molecule has 0 spiro atoms. The maximum Gasteiger partial charge on any atom is 0.218 e. The molecule has 3 aromatic rings. The van der Waals surface area contributed by atoms with Gasteiger partial charge < -0.3 is 4.42 Å². The molecule has 0 N–H and O–H groups in total. The van der Waals surface area contributed by atoms with E-state index in [9.17, 15) is 0 Å². The Morgan fingerprint density at radius 1 is 0.792 bits per heavy atom. The van der Waals surface area contributed by atoms with E-state index in [1.807, 2.05) is 6.92 Å². The van der Waals surface area contributed by atoms with Gasteiger partial charge in [-0.3, -0.25) is 4.90 Å². The molecular weight excluding hydrogens is 314 g/mol. The second-order valence-corrected chi connectivity index (χ2v) is 7.77. The molecule has 122 valence electrons. The topological polar surface area (TPSA) is 16.4 Å². The van der Waals surface area contributed by atoms with E-state index in [-0.39, 0.29) is 0 Å². The van der Waals surface area contributed by atoms with E-state index >= 15 is 0 Å². The Morgan fingerprint density at radius 2 is 1.50 bits per heavy atom. The lowest BCUT2D eigenvalue weighted by Crippen LogP contribution is -2.16. The van der Waals surface area contributed by atoms with Crippen LogP contribution >= 0.6 is 11.8 Å². The second-order valence-electron chi connectivity index (χ2n) is 6.68. The molecule has 2 nitrogen and oxygen atoms in total. The van der Waals surface area contributed by atoms with Crippen LogP contribution in [0.3, 0.4) is 0 Å². The van der Waals surface area contributed by atoms with Gasteiger partial charge >= 0.3 is 0 Å². The Morgan fingerprint density at radius 3 is 2.21 bits per heavy atom. The smallest absolute Gasteiger partial charge is 0.218 e. The number of nitrogens with zero attached hydrogens (tertiary/aromatic N) is 1. The van der Waals surface area contributed by atoms with Gasteiger partial charge in [0.25, 0.3) is 0 Å². The maximum atomic E-state index is 6.11. The number of anilines is 3. The quantitative estimate of drug-likeness (QED) is 0.382. The van der Waals surface area contributed by atoms with Gasteiger partial charge in [-0.05, 0) is 69.5 Å². The third kappa shape index (κ3) is 2.35. The molecule has 0 radical (unpaired) electrons. The van der Waals surface area contributed by atoms with Crippen molar-refractivity contribution in [1.29, 1.82) is 0 Å². The Bertz CT molecular complexity index is 931. The Labute approximate surface area is 147 Å². The van der Waals surface area contributed by atoms with Crippen LogP contribution in [0.4, 0.5) is 17.3 Å². The Kier molecular flexibility index (Phi) is 3.50. The van der Waals surface area contributed by atoms with Gasteiger partial charge in [0.15, 0.2) is 0 Å². The largest absolute Gasteiger partial charge is 0.444 e. The lowest BCUT2D eigenvalue weighted by Gasteiger charge is -2.32. The third-order valence-corrected chi connectivity index (χ3v) is 5.50. The van der Waals surface area contributed by atoms with Crippen molar-refractivity contribution < 1.29 is 4.42 Å². The van der Waals surface area contributed by atoms with Crippen LogP contribution < -0.4 is 4.90 Å². The number of rotatable bonds is 1. The fraction of sp³-hybridized carbons (Fsp3) is 0.238. The molecule has 24 heavy (non-hydrogen) atoms. The van der Waals surface area contributed by atoms with E-state index < -0.39 is 0 Å². The molecule has 0 saturated carbocycles. The van der Waals surface area contributed by atoms with Gasteiger partial charge in [-0.1, -0.05) is 35.5 Å². The molecule has 3 heteroatoms. The summed E-state index contributed by atoms with van der Waals surface area (Å²) in [6.07, 6.45) is 0. The summed E-state index contributed by atoms with van der Waals surface area (Å²) in [7, 11) is 0. The highest BCUT2D eigenvalue weighted by Crippen LogP contribution is 2.53. The van der Waals surface area contributed by atoms with E-state index in [1.165, 1.54) is 43.4 Å². The summed E-state index contributed by atoms with van der Waals surface area (Å²) in [5, 5.41) is 0. The predicted molar refractivity (Wildman–Crippen MR) is 101 cm³/mol. The van der Waals surface area contributed by atoms with Crippen LogP contribution in [-0.2, 0) is 0 Å². The van der Waals surface area contributed by atoms with E-state index in [0.29, 0.717) is 0 Å². The zero-order valence-electron chi connectivity index (χ0n) is 14.7. The first-order valence-corrected chi connectivity index (χ1v) is 9.02. The SMILES string of the molecule is Cc1cc(C)c(N2c3ccc(C)cc3Sc3cc(C)oc32)c(C)c1. The van der Waals surface area contributed by atoms with Crippen molar-refractivity contribution in [3.8, 4) is 0 Å². The first-order chi connectivity index (χ1) is 11.4. The molecule has 0 saturated heterocycles. The van der Waals surface area contributed by atoms with Gasteiger partial charge in [-0.15, -0.1) is 0 Å². The first-order valence-electron chi connectivity index (χ1n) is 8.21. The summed E-state index contributed by atoms with van der Waals surface area (Å²) in [6, 6.07) is 13.3. The molecule has 0 atom stereocenters. The van der Waals surface area contributed by atoms with Crippen molar-refractivity contribution in [2.24, 2.45) is 0 Å². The normalized spacial score (nSPS) is 13.0. The summed E-state index contributed by atoms with van der Waals surface area (Å²) in [6.45, 7) is 10.7. The molecule has 2 aromatic carbocycles. The molecule has 0 fully saturated rings. The third-order valence-electron chi connectivity index (χ3n) is 4.44. The molecule has 2 heterocycles. The minimum atomic E-state index is 0.934. The number of benzene rings is 2. The van der Waals surface area contributed by atoms with Crippen LogP contribution in [0.2, 0.25) is 0 Å². The van der Waals surface area contributed by atoms with E-state index in [1.54, 1.807) is 11.8 Å². The Hall–Kier alpha value is -2.13. The van der Waals surface area contributed by atoms with Crippen LogP contribution in [0.25, 0.3) is 0 Å². The number of furan rings is 1. The summed E-state index contributed by atoms with van der Waals surface area (Å²) >= 11 is 1.80. The van der Waals surface area contributed by atoms with Crippen molar-refractivity contribution in [2.45, 2.75) is 44.4 Å². The Balaban J connectivity index is 2.02. The highest BCUT2D eigenvalue weighted by atomic mass is 32.2. The van der Waals surface area contributed by atoms with Crippen molar-refractivity contribution in [1.82, 2.24) is 0 Å². The van der Waals surface area contributed by atoms with E-state index in [0.717, 1.165) is 11.6 Å². The highest BCUT2D eigenvalue weighted by molar-refractivity contribution is 7.99. The van der Waals surface area contributed by atoms with Crippen LogP contribution in [0, 0.1) is 34.6 Å².